The second-order valence-corrected chi connectivity index (χ2v) is 4.05. The molecule has 0 aromatic carbocycles. The molecule has 2 heterocycles. The van der Waals surface area contributed by atoms with Gasteiger partial charge in [-0.15, -0.1) is 11.6 Å². The van der Waals surface area contributed by atoms with Crippen LogP contribution in [0.5, 0.6) is 0 Å². The van der Waals surface area contributed by atoms with E-state index >= 15 is 0 Å². The van der Waals surface area contributed by atoms with Crippen LogP contribution in [0.1, 0.15) is 5.56 Å². The van der Waals surface area contributed by atoms with Crippen LogP contribution in [0.4, 0.5) is 5.82 Å². The lowest BCUT2D eigenvalue weighted by molar-refractivity contribution is 0.0551. The Labute approximate surface area is 95.0 Å². The second kappa shape index (κ2) is 4.81. The monoisotopic (exact) mass is 226 g/mol. The van der Waals surface area contributed by atoms with Gasteiger partial charge < -0.3 is 9.64 Å². The van der Waals surface area contributed by atoms with E-state index < -0.39 is 0 Å². The highest BCUT2D eigenvalue weighted by atomic mass is 35.5. The van der Waals surface area contributed by atoms with Crippen molar-refractivity contribution in [2.24, 2.45) is 0 Å². The summed E-state index contributed by atoms with van der Waals surface area (Å²) in [5.41, 5.74) is 1.20. The largest absolute Gasteiger partial charge is 0.373 e. The van der Waals surface area contributed by atoms with Crippen LogP contribution in [0, 0.1) is 6.92 Å². The van der Waals surface area contributed by atoms with Gasteiger partial charge in [0.1, 0.15) is 5.82 Å². The van der Waals surface area contributed by atoms with Crippen LogP contribution in [0.3, 0.4) is 0 Å². The topological polar surface area (TPSA) is 25.4 Å². The summed E-state index contributed by atoms with van der Waals surface area (Å²) >= 11 is 5.80. The first-order chi connectivity index (χ1) is 7.31. The molecule has 1 fully saturated rings. The van der Waals surface area contributed by atoms with Crippen LogP contribution in [0.2, 0.25) is 0 Å². The maximum absolute atomic E-state index is 5.80. The van der Waals surface area contributed by atoms with E-state index in [4.69, 9.17) is 16.3 Å². The molecule has 2 rings (SSSR count). The van der Waals surface area contributed by atoms with Gasteiger partial charge in [-0.05, 0) is 18.6 Å². The van der Waals surface area contributed by atoms with Crippen molar-refractivity contribution in [1.29, 1.82) is 0 Å². The van der Waals surface area contributed by atoms with Crippen LogP contribution < -0.4 is 4.90 Å². The molecule has 1 unspecified atom stereocenters. The Bertz CT molecular complexity index is 332. The molecule has 1 aromatic rings. The molecule has 1 aliphatic heterocycles. The third kappa shape index (κ3) is 2.41. The van der Waals surface area contributed by atoms with E-state index in [9.17, 15) is 0 Å². The van der Waals surface area contributed by atoms with Gasteiger partial charge in [-0.2, -0.15) is 0 Å². The van der Waals surface area contributed by atoms with Gasteiger partial charge in [0.2, 0.25) is 0 Å². The fraction of sp³-hybridized carbons (Fsp3) is 0.545. The molecule has 3 nitrogen and oxygen atoms in total. The first-order valence-electron chi connectivity index (χ1n) is 5.15. The highest BCUT2D eigenvalue weighted by Gasteiger charge is 2.21. The molecule has 0 bridgehead atoms. The first-order valence-corrected chi connectivity index (χ1v) is 5.69. The SMILES string of the molecule is Cc1cccnc1N1CCOC(CCl)C1. The summed E-state index contributed by atoms with van der Waals surface area (Å²) in [7, 11) is 0. The normalized spacial score (nSPS) is 21.7. The standard InChI is InChI=1S/C11H15ClN2O/c1-9-3-2-4-13-11(9)14-5-6-15-10(7-12)8-14/h2-4,10H,5-8H2,1H3. The minimum absolute atomic E-state index is 0.127. The predicted molar refractivity (Wildman–Crippen MR) is 61.6 cm³/mol. The van der Waals surface area contributed by atoms with Crippen molar-refractivity contribution in [2.75, 3.05) is 30.5 Å². The Balaban J connectivity index is 2.13. The number of morpholine rings is 1. The van der Waals surface area contributed by atoms with Crippen LogP contribution in [0.15, 0.2) is 18.3 Å². The third-order valence-corrected chi connectivity index (χ3v) is 2.94. The van der Waals surface area contributed by atoms with E-state index in [2.05, 4.69) is 22.9 Å². The Morgan fingerprint density at radius 1 is 1.67 bits per heavy atom. The summed E-state index contributed by atoms with van der Waals surface area (Å²) in [6.07, 6.45) is 1.95. The van der Waals surface area contributed by atoms with Gasteiger partial charge in [0.25, 0.3) is 0 Å². The van der Waals surface area contributed by atoms with Crippen molar-refractivity contribution >= 4 is 17.4 Å². The molecular formula is C11H15ClN2O. The van der Waals surface area contributed by atoms with Gasteiger partial charge in [0.15, 0.2) is 0 Å². The van der Waals surface area contributed by atoms with E-state index in [1.807, 2.05) is 12.3 Å². The van der Waals surface area contributed by atoms with Gasteiger partial charge in [0.05, 0.1) is 18.6 Å². The average Bonchev–Trinajstić information content (AvgIpc) is 2.30. The number of aromatic nitrogens is 1. The number of hydrogen-bond acceptors (Lipinski definition) is 3. The maximum atomic E-state index is 5.80. The van der Waals surface area contributed by atoms with Gasteiger partial charge >= 0.3 is 0 Å². The van der Waals surface area contributed by atoms with Crippen molar-refractivity contribution in [2.45, 2.75) is 13.0 Å². The Kier molecular flexibility index (Phi) is 3.44. The summed E-state index contributed by atoms with van der Waals surface area (Å²) in [6.45, 7) is 4.54. The molecule has 0 N–H and O–H groups in total. The zero-order valence-electron chi connectivity index (χ0n) is 8.82. The Hall–Kier alpha value is -0.800. The number of hydrogen-bond donors (Lipinski definition) is 0. The highest BCUT2D eigenvalue weighted by Crippen LogP contribution is 2.19. The Morgan fingerprint density at radius 2 is 2.53 bits per heavy atom. The van der Waals surface area contributed by atoms with Crippen LogP contribution in [0.25, 0.3) is 0 Å². The fourth-order valence-electron chi connectivity index (χ4n) is 1.81. The summed E-state index contributed by atoms with van der Waals surface area (Å²) in [5, 5.41) is 0. The number of halogens is 1. The molecule has 82 valence electrons. The molecule has 0 amide bonds. The molecule has 0 aliphatic carbocycles. The van der Waals surface area contributed by atoms with Crippen molar-refractivity contribution < 1.29 is 4.74 Å². The van der Waals surface area contributed by atoms with Crippen molar-refractivity contribution in [3.8, 4) is 0 Å². The number of rotatable bonds is 2. The van der Waals surface area contributed by atoms with E-state index in [1.165, 1.54) is 5.56 Å². The summed E-state index contributed by atoms with van der Waals surface area (Å²) in [6, 6.07) is 4.03. The molecule has 1 aliphatic rings. The summed E-state index contributed by atoms with van der Waals surface area (Å²) < 4.78 is 5.52. The number of alkyl halides is 1. The molecule has 0 spiro atoms. The van der Waals surface area contributed by atoms with Gasteiger partial charge in [0, 0.05) is 19.3 Å². The number of ether oxygens (including phenoxy) is 1. The molecule has 0 radical (unpaired) electrons. The maximum Gasteiger partial charge on any atom is 0.131 e. The molecule has 1 saturated heterocycles. The lowest BCUT2D eigenvalue weighted by Crippen LogP contribution is -2.44. The van der Waals surface area contributed by atoms with E-state index in [-0.39, 0.29) is 6.10 Å². The zero-order chi connectivity index (χ0) is 10.7. The lowest BCUT2D eigenvalue weighted by atomic mass is 10.2. The minimum atomic E-state index is 0.127. The van der Waals surface area contributed by atoms with Gasteiger partial charge in [-0.3, -0.25) is 0 Å². The quantitative estimate of drug-likeness (QED) is 0.720. The number of anilines is 1. The number of aryl methyl sites for hydroxylation is 1. The molecule has 0 saturated carbocycles. The molecule has 4 heteroatoms. The highest BCUT2D eigenvalue weighted by molar-refractivity contribution is 6.18. The Morgan fingerprint density at radius 3 is 3.27 bits per heavy atom. The third-order valence-electron chi connectivity index (χ3n) is 2.59. The molecule has 15 heavy (non-hydrogen) atoms. The average molecular weight is 227 g/mol. The van der Waals surface area contributed by atoms with E-state index in [0.29, 0.717) is 5.88 Å². The van der Waals surface area contributed by atoms with Crippen LogP contribution in [-0.2, 0) is 4.74 Å². The number of nitrogens with zero attached hydrogens (tertiary/aromatic N) is 2. The smallest absolute Gasteiger partial charge is 0.131 e. The molecular weight excluding hydrogens is 212 g/mol. The van der Waals surface area contributed by atoms with E-state index in [0.717, 1.165) is 25.5 Å². The van der Waals surface area contributed by atoms with Gasteiger partial charge in [-0.1, -0.05) is 6.07 Å². The summed E-state index contributed by atoms with van der Waals surface area (Å²) in [5.74, 6) is 1.60. The first kappa shape index (κ1) is 10.7. The molecule has 1 atom stereocenters. The van der Waals surface area contributed by atoms with Crippen molar-refractivity contribution in [1.82, 2.24) is 4.98 Å². The molecule has 1 aromatic heterocycles. The van der Waals surface area contributed by atoms with Crippen molar-refractivity contribution in [3.05, 3.63) is 23.9 Å². The second-order valence-electron chi connectivity index (χ2n) is 3.74. The lowest BCUT2D eigenvalue weighted by Gasteiger charge is -2.33. The van der Waals surface area contributed by atoms with Crippen molar-refractivity contribution in [3.63, 3.8) is 0 Å². The van der Waals surface area contributed by atoms with Gasteiger partial charge in [-0.25, -0.2) is 4.98 Å². The summed E-state index contributed by atoms with van der Waals surface area (Å²) in [4.78, 5) is 6.64. The van der Waals surface area contributed by atoms with E-state index in [1.54, 1.807) is 0 Å². The van der Waals surface area contributed by atoms with Crippen LogP contribution >= 0.6 is 11.6 Å². The zero-order valence-corrected chi connectivity index (χ0v) is 9.57. The van der Waals surface area contributed by atoms with Crippen LogP contribution in [-0.4, -0.2) is 36.7 Å². The predicted octanol–water partition coefficient (Wildman–Crippen LogP) is 1.83. The minimum Gasteiger partial charge on any atom is -0.373 e. The fourth-order valence-corrected chi connectivity index (χ4v) is 2.00. The number of pyridine rings is 1.